The molecule has 0 heterocycles. The summed E-state index contributed by atoms with van der Waals surface area (Å²) in [6.07, 6.45) is 0.653. The van der Waals surface area contributed by atoms with Gasteiger partial charge in [0.2, 0.25) is 0 Å². The quantitative estimate of drug-likeness (QED) is 0.642. The number of aliphatic hydroxyl groups excluding tert-OH is 1. The number of urea groups is 1. The Kier molecular flexibility index (Phi) is 6.57. The number of carboxylic acids is 1. The van der Waals surface area contributed by atoms with E-state index in [-0.39, 0.29) is 6.04 Å². The minimum atomic E-state index is -1.28. The molecule has 100 valence electrons. The van der Waals surface area contributed by atoms with E-state index < -0.39 is 24.1 Å². The molecule has 0 radical (unpaired) electrons. The predicted molar refractivity (Wildman–Crippen MR) is 63.8 cm³/mol. The molecule has 3 N–H and O–H groups in total. The third kappa shape index (κ3) is 5.04. The second-order valence-electron chi connectivity index (χ2n) is 4.25. The summed E-state index contributed by atoms with van der Waals surface area (Å²) < 4.78 is 0. The van der Waals surface area contributed by atoms with E-state index >= 15 is 0 Å². The van der Waals surface area contributed by atoms with Crippen LogP contribution < -0.4 is 5.32 Å². The molecule has 0 aromatic heterocycles. The first-order valence-corrected chi connectivity index (χ1v) is 5.75. The lowest BCUT2D eigenvalue weighted by Gasteiger charge is -2.27. The minimum absolute atomic E-state index is 0.0310. The van der Waals surface area contributed by atoms with E-state index in [0.29, 0.717) is 0 Å². The number of hydrogen-bond donors (Lipinski definition) is 3. The highest BCUT2D eigenvalue weighted by molar-refractivity contribution is 5.83. The Morgan fingerprint density at radius 1 is 1.35 bits per heavy atom. The normalized spacial score (nSPS) is 15.8. The Labute approximate surface area is 102 Å². The molecule has 6 heteroatoms. The summed E-state index contributed by atoms with van der Waals surface area (Å²) in [6, 6.07) is -1.73. The second-order valence-corrected chi connectivity index (χ2v) is 4.25. The van der Waals surface area contributed by atoms with Crippen LogP contribution in [0.2, 0.25) is 0 Å². The molecular weight excluding hydrogens is 224 g/mol. The lowest BCUT2D eigenvalue weighted by Crippen LogP contribution is -2.53. The van der Waals surface area contributed by atoms with Crippen LogP contribution in [0.3, 0.4) is 0 Å². The number of carbonyl (C=O) groups excluding carboxylic acids is 1. The molecule has 0 aliphatic heterocycles. The molecular formula is C11H22N2O4. The van der Waals surface area contributed by atoms with Gasteiger partial charge in [0.15, 0.2) is 6.04 Å². The van der Waals surface area contributed by atoms with Gasteiger partial charge in [-0.15, -0.1) is 0 Å². The molecule has 0 aliphatic rings. The molecule has 0 fully saturated rings. The smallest absolute Gasteiger partial charge is 0.328 e. The SMILES string of the molecule is CCCC(C)N(C)C(=O)NC(C(=O)O)C(C)O. The van der Waals surface area contributed by atoms with Crippen molar-refractivity contribution in [2.75, 3.05) is 7.05 Å². The van der Waals surface area contributed by atoms with Crippen molar-refractivity contribution in [3.05, 3.63) is 0 Å². The standard InChI is InChI=1S/C11H22N2O4/c1-5-6-7(2)13(4)11(17)12-9(8(3)14)10(15)16/h7-9,14H,5-6H2,1-4H3,(H,12,17)(H,15,16). The maximum absolute atomic E-state index is 11.7. The molecule has 0 saturated carbocycles. The molecule has 0 saturated heterocycles. The Morgan fingerprint density at radius 2 is 1.88 bits per heavy atom. The molecule has 3 unspecified atom stereocenters. The van der Waals surface area contributed by atoms with Crippen LogP contribution in [0.5, 0.6) is 0 Å². The lowest BCUT2D eigenvalue weighted by atomic mass is 10.1. The van der Waals surface area contributed by atoms with Gasteiger partial charge in [-0.2, -0.15) is 0 Å². The zero-order chi connectivity index (χ0) is 13.6. The maximum atomic E-state index is 11.7. The first kappa shape index (κ1) is 15.7. The fraction of sp³-hybridized carbons (Fsp3) is 0.818. The van der Waals surface area contributed by atoms with Gasteiger partial charge in [0, 0.05) is 13.1 Å². The van der Waals surface area contributed by atoms with Crippen molar-refractivity contribution in [2.45, 2.75) is 51.8 Å². The van der Waals surface area contributed by atoms with Gasteiger partial charge in [-0.1, -0.05) is 13.3 Å². The van der Waals surface area contributed by atoms with Gasteiger partial charge in [-0.05, 0) is 20.3 Å². The van der Waals surface area contributed by atoms with Crippen LogP contribution >= 0.6 is 0 Å². The fourth-order valence-corrected chi connectivity index (χ4v) is 1.44. The summed E-state index contributed by atoms with van der Waals surface area (Å²) in [6.45, 7) is 5.23. The summed E-state index contributed by atoms with van der Waals surface area (Å²) >= 11 is 0. The Hall–Kier alpha value is -1.30. The van der Waals surface area contributed by atoms with Gasteiger partial charge in [0.1, 0.15) is 0 Å². The van der Waals surface area contributed by atoms with Gasteiger partial charge in [-0.3, -0.25) is 0 Å². The Morgan fingerprint density at radius 3 is 2.24 bits per heavy atom. The van der Waals surface area contributed by atoms with E-state index in [0.717, 1.165) is 12.8 Å². The summed E-state index contributed by atoms with van der Waals surface area (Å²) in [5, 5.41) is 20.4. The van der Waals surface area contributed by atoms with Crippen LogP contribution in [0.15, 0.2) is 0 Å². The number of rotatable bonds is 6. The molecule has 6 nitrogen and oxygen atoms in total. The average Bonchev–Trinajstić information content (AvgIpc) is 2.23. The molecule has 3 atom stereocenters. The highest BCUT2D eigenvalue weighted by Crippen LogP contribution is 2.05. The first-order valence-electron chi connectivity index (χ1n) is 5.75. The largest absolute Gasteiger partial charge is 0.480 e. The molecule has 0 aromatic rings. The van der Waals surface area contributed by atoms with Crippen LogP contribution in [0.25, 0.3) is 0 Å². The van der Waals surface area contributed by atoms with Crippen molar-refractivity contribution in [3.63, 3.8) is 0 Å². The number of nitrogens with one attached hydrogen (secondary N) is 1. The van der Waals surface area contributed by atoms with E-state index in [1.807, 2.05) is 13.8 Å². The second kappa shape index (κ2) is 7.11. The van der Waals surface area contributed by atoms with Gasteiger partial charge in [0.05, 0.1) is 6.10 Å². The third-order valence-corrected chi connectivity index (χ3v) is 2.72. The number of aliphatic hydroxyl groups is 1. The maximum Gasteiger partial charge on any atom is 0.328 e. The van der Waals surface area contributed by atoms with Crippen LogP contribution in [0.1, 0.15) is 33.6 Å². The van der Waals surface area contributed by atoms with Gasteiger partial charge in [0.25, 0.3) is 0 Å². The number of carbonyl (C=O) groups is 2. The zero-order valence-corrected chi connectivity index (χ0v) is 10.8. The van der Waals surface area contributed by atoms with Crippen LogP contribution in [-0.2, 0) is 4.79 Å². The summed E-state index contributed by atoms with van der Waals surface area (Å²) in [4.78, 5) is 24.0. The van der Waals surface area contributed by atoms with Gasteiger partial charge >= 0.3 is 12.0 Å². The summed E-state index contributed by atoms with van der Waals surface area (Å²) in [5.41, 5.74) is 0. The highest BCUT2D eigenvalue weighted by atomic mass is 16.4. The van der Waals surface area contributed by atoms with Crippen molar-refractivity contribution in [3.8, 4) is 0 Å². The molecule has 2 amide bonds. The van der Waals surface area contributed by atoms with Crippen molar-refractivity contribution >= 4 is 12.0 Å². The van der Waals surface area contributed by atoms with Crippen molar-refractivity contribution in [2.24, 2.45) is 0 Å². The molecule has 0 aliphatic carbocycles. The monoisotopic (exact) mass is 246 g/mol. The summed E-state index contributed by atoms with van der Waals surface area (Å²) in [7, 11) is 1.61. The van der Waals surface area contributed by atoms with E-state index in [9.17, 15) is 14.7 Å². The van der Waals surface area contributed by atoms with Crippen molar-refractivity contribution < 1.29 is 19.8 Å². The van der Waals surface area contributed by atoms with E-state index in [1.165, 1.54) is 11.8 Å². The van der Waals surface area contributed by atoms with Crippen molar-refractivity contribution in [1.29, 1.82) is 0 Å². The van der Waals surface area contributed by atoms with Gasteiger partial charge in [-0.25, -0.2) is 9.59 Å². The summed E-state index contributed by atoms with van der Waals surface area (Å²) in [5.74, 6) is -1.25. The molecule has 0 bridgehead atoms. The molecule has 17 heavy (non-hydrogen) atoms. The molecule has 0 spiro atoms. The third-order valence-electron chi connectivity index (χ3n) is 2.72. The minimum Gasteiger partial charge on any atom is -0.480 e. The Bertz CT molecular complexity index is 268. The van der Waals surface area contributed by atoms with Gasteiger partial charge < -0.3 is 20.4 Å². The van der Waals surface area contributed by atoms with Crippen LogP contribution in [-0.4, -0.2) is 52.3 Å². The lowest BCUT2D eigenvalue weighted by molar-refractivity contribution is -0.141. The average molecular weight is 246 g/mol. The zero-order valence-electron chi connectivity index (χ0n) is 10.8. The Balaban J connectivity index is 4.45. The molecule has 0 aromatic carbocycles. The van der Waals surface area contributed by atoms with E-state index in [2.05, 4.69) is 5.32 Å². The topological polar surface area (TPSA) is 89.9 Å². The van der Waals surface area contributed by atoms with E-state index in [4.69, 9.17) is 5.11 Å². The number of aliphatic carboxylic acids is 1. The number of nitrogens with zero attached hydrogens (tertiary/aromatic N) is 1. The van der Waals surface area contributed by atoms with E-state index in [1.54, 1.807) is 7.05 Å². The predicted octanol–water partition coefficient (Wildman–Crippen LogP) is 0.650. The van der Waals surface area contributed by atoms with Crippen LogP contribution in [0.4, 0.5) is 4.79 Å². The van der Waals surface area contributed by atoms with Crippen LogP contribution in [0, 0.1) is 0 Å². The molecule has 0 rings (SSSR count). The highest BCUT2D eigenvalue weighted by Gasteiger charge is 2.27. The fourth-order valence-electron chi connectivity index (χ4n) is 1.44. The number of carboxylic acid groups (broad SMARTS) is 1. The van der Waals surface area contributed by atoms with Crippen molar-refractivity contribution in [1.82, 2.24) is 10.2 Å². The number of amides is 2. The number of hydrogen-bond acceptors (Lipinski definition) is 3. The first-order chi connectivity index (χ1) is 7.81.